The minimum Gasteiger partial charge on any atom is -0.497 e. The van der Waals surface area contributed by atoms with Gasteiger partial charge in [-0.1, -0.05) is 12.1 Å². The minimum absolute atomic E-state index is 0. The topological polar surface area (TPSA) is 64.3 Å². The number of carbonyl (C=O) groups is 1. The first kappa shape index (κ1) is 17.1. The van der Waals surface area contributed by atoms with Crippen molar-refractivity contribution in [1.29, 1.82) is 0 Å². The molecule has 4 nitrogen and oxygen atoms in total. The van der Waals surface area contributed by atoms with Crippen molar-refractivity contribution in [2.75, 3.05) is 13.7 Å². The summed E-state index contributed by atoms with van der Waals surface area (Å²) in [6.07, 6.45) is 4.37. The molecule has 2 fully saturated rings. The lowest BCUT2D eigenvalue weighted by atomic mass is 9.84. The smallest absolute Gasteiger partial charge is 0.224 e. The van der Waals surface area contributed by atoms with Crippen LogP contribution in [0.4, 0.5) is 0 Å². The molecule has 3 rings (SSSR count). The summed E-state index contributed by atoms with van der Waals surface area (Å²) in [5, 5.41) is 3.07. The fraction of sp³-hybridized carbons (Fsp3) is 0.588. The molecule has 122 valence electrons. The first-order valence-corrected chi connectivity index (χ1v) is 7.85. The van der Waals surface area contributed by atoms with Crippen LogP contribution in [0.5, 0.6) is 5.75 Å². The maximum atomic E-state index is 12.3. The van der Waals surface area contributed by atoms with Gasteiger partial charge < -0.3 is 15.8 Å². The maximum Gasteiger partial charge on any atom is 0.224 e. The number of nitrogens with two attached hydrogens (primary N) is 1. The number of hydrogen-bond donors (Lipinski definition) is 2. The standard InChI is InChI=1S/C17H24N2O2.ClH/c1-21-14-6-2-11(3-7-14)8-9-19-17(20)15-12-4-5-13(10-12)16(15)18;/h2-3,6-7,12-13,15-16H,4-5,8-10,18H2,1H3,(H,19,20);1H. The zero-order chi connectivity index (χ0) is 14.8. The lowest BCUT2D eigenvalue weighted by Gasteiger charge is -2.27. The molecular formula is C17H25ClN2O2. The summed E-state index contributed by atoms with van der Waals surface area (Å²) in [6, 6.07) is 8.04. The highest BCUT2D eigenvalue weighted by Gasteiger charge is 2.48. The van der Waals surface area contributed by atoms with Crippen LogP contribution in [0.2, 0.25) is 0 Å². The van der Waals surface area contributed by atoms with E-state index in [4.69, 9.17) is 10.5 Å². The summed E-state index contributed by atoms with van der Waals surface area (Å²) >= 11 is 0. The third-order valence-corrected chi connectivity index (χ3v) is 5.16. The van der Waals surface area contributed by atoms with Gasteiger partial charge in [-0.25, -0.2) is 0 Å². The highest BCUT2D eigenvalue weighted by molar-refractivity contribution is 5.85. The van der Waals surface area contributed by atoms with Gasteiger partial charge in [0.05, 0.1) is 13.0 Å². The van der Waals surface area contributed by atoms with Crippen molar-refractivity contribution in [2.24, 2.45) is 23.5 Å². The Kier molecular flexibility index (Phi) is 5.70. The van der Waals surface area contributed by atoms with E-state index in [1.165, 1.54) is 18.4 Å². The van der Waals surface area contributed by atoms with E-state index in [1.54, 1.807) is 7.11 Å². The summed E-state index contributed by atoms with van der Waals surface area (Å²) in [5.41, 5.74) is 7.41. The van der Waals surface area contributed by atoms with E-state index in [0.717, 1.165) is 18.6 Å². The summed E-state index contributed by atoms with van der Waals surface area (Å²) in [5.74, 6) is 2.15. The Balaban J connectivity index is 0.00000176. The van der Waals surface area contributed by atoms with E-state index in [-0.39, 0.29) is 30.3 Å². The van der Waals surface area contributed by atoms with Gasteiger partial charge in [0.1, 0.15) is 5.75 Å². The van der Waals surface area contributed by atoms with Crippen LogP contribution in [0.15, 0.2) is 24.3 Å². The zero-order valence-corrected chi connectivity index (χ0v) is 13.8. The normalized spacial score (nSPS) is 29.0. The van der Waals surface area contributed by atoms with Crippen molar-refractivity contribution in [3.8, 4) is 5.75 Å². The Morgan fingerprint density at radius 3 is 2.55 bits per heavy atom. The van der Waals surface area contributed by atoms with Crippen LogP contribution >= 0.6 is 12.4 Å². The first-order valence-electron chi connectivity index (χ1n) is 7.85. The summed E-state index contributed by atoms with van der Waals surface area (Å²) in [6.45, 7) is 0.672. The second kappa shape index (κ2) is 7.34. The van der Waals surface area contributed by atoms with E-state index in [1.807, 2.05) is 24.3 Å². The Morgan fingerprint density at radius 2 is 1.95 bits per heavy atom. The van der Waals surface area contributed by atoms with Crippen LogP contribution in [0, 0.1) is 17.8 Å². The third-order valence-electron chi connectivity index (χ3n) is 5.16. The van der Waals surface area contributed by atoms with E-state index in [9.17, 15) is 4.79 Å². The number of halogens is 1. The third kappa shape index (κ3) is 3.39. The molecule has 0 saturated heterocycles. The molecule has 1 aromatic carbocycles. The molecule has 0 radical (unpaired) electrons. The highest BCUT2D eigenvalue weighted by atomic mass is 35.5. The fourth-order valence-electron chi connectivity index (χ4n) is 3.96. The average molecular weight is 325 g/mol. The predicted molar refractivity (Wildman–Crippen MR) is 89.3 cm³/mol. The molecule has 2 saturated carbocycles. The van der Waals surface area contributed by atoms with Crippen molar-refractivity contribution in [3.63, 3.8) is 0 Å². The van der Waals surface area contributed by atoms with Gasteiger partial charge in [-0.2, -0.15) is 0 Å². The van der Waals surface area contributed by atoms with Crippen LogP contribution < -0.4 is 15.8 Å². The highest BCUT2D eigenvalue weighted by Crippen LogP contribution is 2.47. The molecule has 22 heavy (non-hydrogen) atoms. The molecule has 0 spiro atoms. The number of fused-ring (bicyclic) bond motifs is 2. The zero-order valence-electron chi connectivity index (χ0n) is 13.0. The molecule has 1 aromatic rings. The first-order chi connectivity index (χ1) is 10.2. The fourth-order valence-corrected chi connectivity index (χ4v) is 3.96. The molecule has 0 aliphatic heterocycles. The molecule has 3 N–H and O–H groups in total. The van der Waals surface area contributed by atoms with Gasteiger partial charge in [-0.05, 0) is 55.2 Å². The van der Waals surface area contributed by atoms with Crippen LogP contribution in [0.1, 0.15) is 24.8 Å². The monoisotopic (exact) mass is 324 g/mol. The van der Waals surface area contributed by atoms with Crippen molar-refractivity contribution >= 4 is 18.3 Å². The van der Waals surface area contributed by atoms with Gasteiger partial charge in [0.2, 0.25) is 5.91 Å². The Hall–Kier alpha value is -1.26. The van der Waals surface area contributed by atoms with Gasteiger partial charge >= 0.3 is 0 Å². The van der Waals surface area contributed by atoms with Crippen LogP contribution in [0.3, 0.4) is 0 Å². The Morgan fingerprint density at radius 1 is 1.27 bits per heavy atom. The average Bonchev–Trinajstić information content (AvgIpc) is 3.08. The molecule has 1 amide bonds. The molecule has 4 unspecified atom stereocenters. The van der Waals surface area contributed by atoms with Crippen molar-refractivity contribution in [3.05, 3.63) is 29.8 Å². The Labute approximate surface area is 138 Å². The Bertz CT molecular complexity index is 504. The number of amides is 1. The number of rotatable bonds is 5. The van der Waals surface area contributed by atoms with E-state index in [0.29, 0.717) is 18.4 Å². The van der Waals surface area contributed by atoms with Gasteiger partial charge in [0.25, 0.3) is 0 Å². The largest absolute Gasteiger partial charge is 0.497 e. The molecule has 4 atom stereocenters. The molecule has 5 heteroatoms. The van der Waals surface area contributed by atoms with Gasteiger partial charge in [-0.15, -0.1) is 12.4 Å². The van der Waals surface area contributed by atoms with E-state index >= 15 is 0 Å². The minimum atomic E-state index is 0. The number of nitrogens with one attached hydrogen (secondary N) is 1. The lowest BCUT2D eigenvalue weighted by molar-refractivity contribution is -0.127. The molecule has 0 aromatic heterocycles. The van der Waals surface area contributed by atoms with Crippen molar-refractivity contribution in [2.45, 2.75) is 31.7 Å². The summed E-state index contributed by atoms with van der Waals surface area (Å²) in [4.78, 5) is 12.3. The van der Waals surface area contributed by atoms with Crippen LogP contribution in [-0.4, -0.2) is 25.6 Å². The quantitative estimate of drug-likeness (QED) is 0.872. The number of carbonyl (C=O) groups excluding carboxylic acids is 1. The van der Waals surface area contributed by atoms with Gasteiger partial charge in [0, 0.05) is 12.6 Å². The van der Waals surface area contributed by atoms with E-state index < -0.39 is 0 Å². The second-order valence-electron chi connectivity index (χ2n) is 6.33. The molecule has 2 aliphatic rings. The second-order valence-corrected chi connectivity index (χ2v) is 6.33. The van der Waals surface area contributed by atoms with Crippen LogP contribution in [0.25, 0.3) is 0 Å². The molecule has 2 aliphatic carbocycles. The van der Waals surface area contributed by atoms with E-state index in [2.05, 4.69) is 5.32 Å². The van der Waals surface area contributed by atoms with Gasteiger partial charge in [-0.3, -0.25) is 4.79 Å². The summed E-state index contributed by atoms with van der Waals surface area (Å²) < 4.78 is 5.14. The lowest BCUT2D eigenvalue weighted by Crippen LogP contribution is -2.45. The predicted octanol–water partition coefficient (Wildman–Crippen LogP) is 2.15. The van der Waals surface area contributed by atoms with Crippen LogP contribution in [-0.2, 0) is 11.2 Å². The number of benzene rings is 1. The van der Waals surface area contributed by atoms with Crippen molar-refractivity contribution < 1.29 is 9.53 Å². The number of methoxy groups -OCH3 is 1. The summed E-state index contributed by atoms with van der Waals surface area (Å²) in [7, 11) is 1.66. The number of hydrogen-bond acceptors (Lipinski definition) is 3. The molecule has 2 bridgehead atoms. The molecular weight excluding hydrogens is 300 g/mol. The van der Waals surface area contributed by atoms with Gasteiger partial charge in [0.15, 0.2) is 0 Å². The molecule has 0 heterocycles. The maximum absolute atomic E-state index is 12.3. The number of ether oxygens (including phenoxy) is 1. The van der Waals surface area contributed by atoms with Crippen molar-refractivity contribution in [1.82, 2.24) is 5.32 Å². The SMILES string of the molecule is COc1ccc(CCNC(=O)C2C3CCC(C3)C2N)cc1.Cl.